The molecule has 1 saturated heterocycles. The van der Waals surface area contributed by atoms with Gasteiger partial charge in [0.05, 0.1) is 11.6 Å². The van der Waals surface area contributed by atoms with Crippen LogP contribution in [0.1, 0.15) is 24.3 Å². The molecule has 8 nitrogen and oxygen atoms in total. The van der Waals surface area contributed by atoms with E-state index in [9.17, 15) is 13.2 Å². The van der Waals surface area contributed by atoms with Crippen molar-refractivity contribution < 1.29 is 22.5 Å². The Labute approximate surface area is 175 Å². The number of rotatable bonds is 7. The molecule has 2 aromatic rings. The molecule has 0 N–H and O–H groups in total. The van der Waals surface area contributed by atoms with Crippen LogP contribution in [0.25, 0.3) is 0 Å². The van der Waals surface area contributed by atoms with Crippen molar-refractivity contribution in [3.63, 3.8) is 0 Å². The second-order valence-corrected chi connectivity index (χ2v) is 9.10. The number of aryl methyl sites for hydroxylation is 2. The Morgan fingerprint density at radius 1 is 1.21 bits per heavy atom. The minimum absolute atomic E-state index is 0.0119. The maximum atomic E-state index is 12.8. The van der Waals surface area contributed by atoms with E-state index in [1.165, 1.54) is 4.31 Å². The number of benzene rings is 1. The van der Waals surface area contributed by atoms with Crippen LogP contribution in [0.5, 0.6) is 5.75 Å². The van der Waals surface area contributed by atoms with Gasteiger partial charge in [-0.15, -0.1) is 0 Å². The zero-order chi connectivity index (χ0) is 21.0. The highest BCUT2D eigenvalue weighted by Gasteiger charge is 2.34. The third-order valence-electron chi connectivity index (χ3n) is 4.79. The molecular weight excluding hydrogens is 418 g/mol. The number of hydrogen-bond acceptors (Lipinski definition) is 6. The molecule has 3 rings (SSSR count). The number of carbonyl (C=O) groups excluding carboxylic acids is 1. The normalized spacial score (nSPS) is 15.5. The molecule has 29 heavy (non-hydrogen) atoms. The highest BCUT2D eigenvalue weighted by molar-refractivity contribution is 7.89. The van der Waals surface area contributed by atoms with Gasteiger partial charge in [-0.25, -0.2) is 8.42 Å². The van der Waals surface area contributed by atoms with E-state index >= 15 is 0 Å². The lowest BCUT2D eigenvalue weighted by atomic mass is 10.2. The zero-order valence-corrected chi connectivity index (χ0v) is 18.0. The van der Waals surface area contributed by atoms with Gasteiger partial charge in [-0.2, -0.15) is 4.31 Å². The number of carbonyl (C=O) groups is 1. The Kier molecular flexibility index (Phi) is 6.81. The lowest BCUT2D eigenvalue weighted by molar-refractivity contribution is -0.132. The van der Waals surface area contributed by atoms with Crippen molar-refractivity contribution in [2.24, 2.45) is 0 Å². The number of aromatic nitrogens is 1. The number of para-hydroxylation sites is 1. The average molecular weight is 442 g/mol. The van der Waals surface area contributed by atoms with Gasteiger partial charge in [-0.1, -0.05) is 28.9 Å². The van der Waals surface area contributed by atoms with Crippen molar-refractivity contribution in [3.05, 3.63) is 40.7 Å². The molecule has 1 aliphatic rings. The summed E-state index contributed by atoms with van der Waals surface area (Å²) in [5, 5.41) is 4.26. The SMILES string of the molecule is Cc1noc(C)c1S(=O)(=O)N1CCN(C(=O)CCCOc2ccccc2Cl)CC1. The predicted molar refractivity (Wildman–Crippen MR) is 107 cm³/mol. The van der Waals surface area contributed by atoms with E-state index < -0.39 is 10.0 Å². The summed E-state index contributed by atoms with van der Waals surface area (Å²) < 4.78 is 37.6. The van der Waals surface area contributed by atoms with Gasteiger partial charge in [0, 0.05) is 32.6 Å². The van der Waals surface area contributed by atoms with Gasteiger partial charge in [0.25, 0.3) is 0 Å². The largest absolute Gasteiger partial charge is 0.492 e. The Morgan fingerprint density at radius 3 is 2.52 bits per heavy atom. The average Bonchev–Trinajstić information content (AvgIpc) is 3.05. The van der Waals surface area contributed by atoms with E-state index in [-0.39, 0.29) is 29.7 Å². The van der Waals surface area contributed by atoms with Crippen LogP contribution in [-0.4, -0.2) is 61.5 Å². The smallest absolute Gasteiger partial charge is 0.248 e. The molecule has 1 aromatic carbocycles. The van der Waals surface area contributed by atoms with Gasteiger partial charge in [0.15, 0.2) is 5.76 Å². The van der Waals surface area contributed by atoms with E-state index in [2.05, 4.69) is 5.16 Å². The summed E-state index contributed by atoms with van der Waals surface area (Å²) in [5.74, 6) is 0.862. The summed E-state index contributed by atoms with van der Waals surface area (Å²) in [4.78, 5) is 14.2. The lowest BCUT2D eigenvalue weighted by Gasteiger charge is -2.34. The fourth-order valence-electron chi connectivity index (χ4n) is 3.28. The van der Waals surface area contributed by atoms with Crippen molar-refractivity contribution in [3.8, 4) is 5.75 Å². The summed E-state index contributed by atoms with van der Waals surface area (Å²) in [6.45, 7) is 4.77. The Bertz CT molecular complexity index is 948. The molecule has 0 spiro atoms. The number of amides is 1. The van der Waals surface area contributed by atoms with Gasteiger partial charge in [-0.05, 0) is 32.4 Å². The second kappa shape index (κ2) is 9.15. The molecule has 1 aromatic heterocycles. The van der Waals surface area contributed by atoms with Crippen LogP contribution >= 0.6 is 11.6 Å². The summed E-state index contributed by atoms with van der Waals surface area (Å²) >= 11 is 6.03. The van der Waals surface area contributed by atoms with Crippen LogP contribution < -0.4 is 4.74 Å². The molecule has 1 amide bonds. The molecule has 0 unspecified atom stereocenters. The van der Waals surface area contributed by atoms with Crippen molar-refractivity contribution in [2.75, 3.05) is 32.8 Å². The van der Waals surface area contributed by atoms with E-state index in [4.69, 9.17) is 20.9 Å². The van der Waals surface area contributed by atoms with E-state index in [0.29, 0.717) is 49.0 Å². The monoisotopic (exact) mass is 441 g/mol. The topological polar surface area (TPSA) is 93.0 Å². The third kappa shape index (κ3) is 4.91. The first kappa shape index (κ1) is 21.6. The third-order valence-corrected chi connectivity index (χ3v) is 7.24. The Balaban J connectivity index is 1.46. The molecule has 158 valence electrons. The fourth-order valence-corrected chi connectivity index (χ4v) is 5.18. The Morgan fingerprint density at radius 2 is 1.90 bits per heavy atom. The molecule has 0 saturated carbocycles. The minimum Gasteiger partial charge on any atom is -0.492 e. The highest BCUT2D eigenvalue weighted by atomic mass is 35.5. The predicted octanol–water partition coefficient (Wildman–Crippen LogP) is 2.64. The van der Waals surface area contributed by atoms with Crippen molar-refractivity contribution >= 4 is 27.5 Å². The summed E-state index contributed by atoms with van der Waals surface area (Å²) in [7, 11) is -3.68. The van der Waals surface area contributed by atoms with Crippen LogP contribution in [0.3, 0.4) is 0 Å². The molecule has 0 radical (unpaired) electrons. The number of nitrogens with zero attached hydrogens (tertiary/aromatic N) is 3. The molecule has 10 heteroatoms. The zero-order valence-electron chi connectivity index (χ0n) is 16.4. The quantitative estimate of drug-likeness (QED) is 0.613. The second-order valence-electron chi connectivity index (χ2n) is 6.82. The molecule has 0 aliphatic carbocycles. The van der Waals surface area contributed by atoms with Crippen molar-refractivity contribution in [1.82, 2.24) is 14.4 Å². The van der Waals surface area contributed by atoms with Gasteiger partial charge in [0.1, 0.15) is 16.3 Å². The molecule has 0 bridgehead atoms. The van der Waals surface area contributed by atoms with Crippen LogP contribution in [0, 0.1) is 13.8 Å². The number of sulfonamides is 1. The minimum atomic E-state index is -3.68. The number of hydrogen-bond donors (Lipinski definition) is 0. The molecule has 0 atom stereocenters. The van der Waals surface area contributed by atoms with Crippen LogP contribution in [0.4, 0.5) is 0 Å². The van der Waals surface area contributed by atoms with Gasteiger partial charge < -0.3 is 14.2 Å². The van der Waals surface area contributed by atoms with Crippen LogP contribution in [0.15, 0.2) is 33.7 Å². The number of piperazine rings is 1. The lowest BCUT2D eigenvalue weighted by Crippen LogP contribution is -2.50. The van der Waals surface area contributed by atoms with Gasteiger partial charge >= 0.3 is 0 Å². The summed E-state index contributed by atoms with van der Waals surface area (Å²) in [6, 6.07) is 7.19. The number of ether oxygens (including phenoxy) is 1. The summed E-state index contributed by atoms with van der Waals surface area (Å²) in [6.07, 6.45) is 0.892. The molecular formula is C19H24ClN3O5S. The standard InChI is InChI=1S/C19H24ClN3O5S/c1-14-19(15(2)28-21-14)29(25,26)23-11-9-22(10-12-23)18(24)8-5-13-27-17-7-4-3-6-16(17)20/h3-4,6-7H,5,8-13H2,1-2H3. The van der Waals surface area contributed by atoms with Crippen LogP contribution in [-0.2, 0) is 14.8 Å². The summed E-state index contributed by atoms with van der Waals surface area (Å²) in [5.41, 5.74) is 0.347. The Hall–Kier alpha value is -2.10. The maximum absolute atomic E-state index is 12.8. The first-order valence-electron chi connectivity index (χ1n) is 9.39. The van der Waals surface area contributed by atoms with Gasteiger partial charge in [0.2, 0.25) is 15.9 Å². The first-order valence-corrected chi connectivity index (χ1v) is 11.2. The van der Waals surface area contributed by atoms with Gasteiger partial charge in [-0.3, -0.25) is 4.79 Å². The van der Waals surface area contributed by atoms with E-state index in [1.54, 1.807) is 30.9 Å². The molecule has 2 heterocycles. The van der Waals surface area contributed by atoms with E-state index in [0.717, 1.165) is 0 Å². The number of halogens is 1. The van der Waals surface area contributed by atoms with Crippen molar-refractivity contribution in [2.45, 2.75) is 31.6 Å². The molecule has 1 fully saturated rings. The van der Waals surface area contributed by atoms with E-state index in [1.807, 2.05) is 12.1 Å². The molecule has 1 aliphatic heterocycles. The maximum Gasteiger partial charge on any atom is 0.248 e. The fraction of sp³-hybridized carbons (Fsp3) is 0.474. The van der Waals surface area contributed by atoms with Crippen LogP contribution in [0.2, 0.25) is 5.02 Å². The first-order chi connectivity index (χ1) is 13.8. The van der Waals surface area contributed by atoms with Crippen molar-refractivity contribution in [1.29, 1.82) is 0 Å². The highest BCUT2D eigenvalue weighted by Crippen LogP contribution is 2.25.